The predicted molar refractivity (Wildman–Crippen MR) is 95.2 cm³/mol. The van der Waals surface area contributed by atoms with Gasteiger partial charge in [-0.05, 0) is 66.4 Å². The molecular formula is C15H16INO4S. The molecule has 0 radical (unpaired) electrons. The lowest BCUT2D eigenvalue weighted by Crippen LogP contribution is -2.34. The number of methoxy groups -OCH3 is 2. The number of nitrogens with zero attached hydrogens (tertiary/aromatic N) is 1. The van der Waals surface area contributed by atoms with E-state index in [1.165, 1.54) is 4.90 Å². The Hall–Kier alpha value is -1.22. The van der Waals surface area contributed by atoms with E-state index < -0.39 is 0 Å². The Balaban J connectivity index is 2.48. The van der Waals surface area contributed by atoms with Gasteiger partial charge in [0.1, 0.15) is 0 Å². The van der Waals surface area contributed by atoms with Crippen molar-refractivity contribution >= 4 is 51.6 Å². The third kappa shape index (κ3) is 3.24. The third-order valence-electron chi connectivity index (χ3n) is 3.10. The average Bonchev–Trinajstić information content (AvgIpc) is 2.72. The van der Waals surface area contributed by atoms with E-state index in [2.05, 4.69) is 22.6 Å². The zero-order valence-electron chi connectivity index (χ0n) is 12.7. The van der Waals surface area contributed by atoms with Crippen molar-refractivity contribution in [3.8, 4) is 11.5 Å². The van der Waals surface area contributed by atoms with E-state index in [0.29, 0.717) is 22.0 Å². The van der Waals surface area contributed by atoms with Crippen LogP contribution in [0.15, 0.2) is 17.0 Å². The van der Waals surface area contributed by atoms with E-state index in [0.717, 1.165) is 15.3 Å². The summed E-state index contributed by atoms with van der Waals surface area (Å²) in [5, 5.41) is -0.247. The fraction of sp³-hybridized carbons (Fsp3) is 0.333. The smallest absolute Gasteiger partial charge is 0.293 e. The summed E-state index contributed by atoms with van der Waals surface area (Å²) in [6, 6.07) is 3.56. The van der Waals surface area contributed by atoms with E-state index in [9.17, 15) is 9.59 Å². The standard InChI is InChI=1S/C15H16INO4S/c1-8(2)17-14(18)12(22-15(17)19)6-9-5-10(16)7-11(20-3)13(9)21-4/h5-8H,1-4H3/b12-6+. The molecule has 1 heterocycles. The van der Waals surface area contributed by atoms with Crippen LogP contribution in [-0.2, 0) is 4.79 Å². The molecule has 118 valence electrons. The fourth-order valence-electron chi connectivity index (χ4n) is 2.13. The van der Waals surface area contributed by atoms with Crippen molar-refractivity contribution in [1.29, 1.82) is 0 Å². The summed E-state index contributed by atoms with van der Waals surface area (Å²) in [4.78, 5) is 25.9. The van der Waals surface area contributed by atoms with Crippen molar-refractivity contribution in [2.75, 3.05) is 14.2 Å². The molecular weight excluding hydrogens is 417 g/mol. The summed E-state index contributed by atoms with van der Waals surface area (Å²) in [6.07, 6.45) is 1.68. The van der Waals surface area contributed by atoms with Crippen molar-refractivity contribution in [3.05, 3.63) is 26.2 Å². The van der Waals surface area contributed by atoms with Gasteiger partial charge in [-0.2, -0.15) is 0 Å². The van der Waals surface area contributed by atoms with Crippen LogP contribution in [0.1, 0.15) is 19.4 Å². The molecule has 0 saturated carbocycles. The van der Waals surface area contributed by atoms with Crippen LogP contribution in [0.2, 0.25) is 0 Å². The van der Waals surface area contributed by atoms with Gasteiger partial charge in [0.05, 0.1) is 19.1 Å². The fourth-order valence-corrected chi connectivity index (χ4v) is 3.70. The summed E-state index contributed by atoms with van der Waals surface area (Å²) >= 11 is 3.11. The Morgan fingerprint density at radius 2 is 1.91 bits per heavy atom. The minimum Gasteiger partial charge on any atom is -0.493 e. The second kappa shape index (κ2) is 6.91. The van der Waals surface area contributed by atoms with Crippen LogP contribution in [-0.4, -0.2) is 36.3 Å². The molecule has 0 N–H and O–H groups in total. The van der Waals surface area contributed by atoms with Gasteiger partial charge in [0.2, 0.25) is 0 Å². The summed E-state index contributed by atoms with van der Waals surface area (Å²) in [6.45, 7) is 3.63. The number of amides is 2. The first-order valence-electron chi connectivity index (χ1n) is 6.57. The number of ether oxygens (including phenoxy) is 2. The number of carbonyl (C=O) groups excluding carboxylic acids is 2. The van der Waals surface area contributed by atoms with E-state index in [1.54, 1.807) is 20.3 Å². The summed E-state index contributed by atoms with van der Waals surface area (Å²) in [5.41, 5.74) is 0.709. The zero-order valence-corrected chi connectivity index (χ0v) is 15.6. The van der Waals surface area contributed by atoms with Gasteiger partial charge in [0.25, 0.3) is 11.1 Å². The highest BCUT2D eigenvalue weighted by Gasteiger charge is 2.36. The second-order valence-corrected chi connectivity index (χ2v) is 7.11. The SMILES string of the molecule is COc1cc(I)cc(/C=C2/SC(=O)N(C(C)C)C2=O)c1OC. The molecule has 0 unspecified atom stereocenters. The monoisotopic (exact) mass is 433 g/mol. The normalized spacial score (nSPS) is 16.8. The lowest BCUT2D eigenvalue weighted by atomic mass is 10.1. The highest BCUT2D eigenvalue weighted by atomic mass is 127. The number of imide groups is 1. The van der Waals surface area contributed by atoms with Crippen LogP contribution in [0.4, 0.5) is 4.79 Å². The molecule has 1 saturated heterocycles. The topological polar surface area (TPSA) is 55.8 Å². The van der Waals surface area contributed by atoms with E-state index in [4.69, 9.17) is 9.47 Å². The quantitative estimate of drug-likeness (QED) is 0.535. The molecule has 7 heteroatoms. The maximum absolute atomic E-state index is 12.3. The number of hydrogen-bond acceptors (Lipinski definition) is 5. The van der Waals surface area contributed by atoms with Gasteiger partial charge in [-0.1, -0.05) is 0 Å². The number of carbonyl (C=O) groups is 2. The Labute approximate surface area is 147 Å². The Bertz CT molecular complexity index is 657. The van der Waals surface area contributed by atoms with Crippen LogP contribution < -0.4 is 9.47 Å². The first-order chi connectivity index (χ1) is 10.4. The van der Waals surface area contributed by atoms with Crippen LogP contribution in [0, 0.1) is 3.57 Å². The summed E-state index contributed by atoms with van der Waals surface area (Å²) < 4.78 is 11.6. The molecule has 0 spiro atoms. The second-order valence-electron chi connectivity index (χ2n) is 4.88. The van der Waals surface area contributed by atoms with Gasteiger partial charge in [0, 0.05) is 15.2 Å². The minimum absolute atomic E-state index is 0.161. The van der Waals surface area contributed by atoms with E-state index in [1.807, 2.05) is 26.0 Å². The van der Waals surface area contributed by atoms with Crippen LogP contribution in [0.3, 0.4) is 0 Å². The van der Waals surface area contributed by atoms with Crippen molar-refractivity contribution in [3.63, 3.8) is 0 Å². The van der Waals surface area contributed by atoms with E-state index in [-0.39, 0.29) is 17.2 Å². The Morgan fingerprint density at radius 3 is 2.41 bits per heavy atom. The maximum atomic E-state index is 12.3. The van der Waals surface area contributed by atoms with Gasteiger partial charge in [-0.25, -0.2) is 0 Å². The predicted octanol–water partition coefficient (Wildman–Crippen LogP) is 3.75. The summed E-state index contributed by atoms with van der Waals surface area (Å²) in [7, 11) is 3.10. The Kier molecular flexibility index (Phi) is 5.38. The molecule has 0 atom stereocenters. The third-order valence-corrected chi connectivity index (χ3v) is 4.61. The zero-order chi connectivity index (χ0) is 16.4. The van der Waals surface area contributed by atoms with E-state index >= 15 is 0 Å². The number of thioether (sulfide) groups is 1. The molecule has 1 aliphatic rings. The molecule has 1 aliphatic heterocycles. The van der Waals surface area contributed by atoms with Crippen molar-refractivity contribution in [2.45, 2.75) is 19.9 Å². The molecule has 0 aliphatic carbocycles. The molecule has 2 rings (SSSR count). The van der Waals surface area contributed by atoms with Crippen molar-refractivity contribution in [1.82, 2.24) is 4.90 Å². The maximum Gasteiger partial charge on any atom is 0.293 e. The Morgan fingerprint density at radius 1 is 1.23 bits per heavy atom. The molecule has 5 nitrogen and oxygen atoms in total. The van der Waals surface area contributed by atoms with Gasteiger partial charge in [-0.15, -0.1) is 0 Å². The van der Waals surface area contributed by atoms with Crippen molar-refractivity contribution in [2.24, 2.45) is 0 Å². The lowest BCUT2D eigenvalue weighted by molar-refractivity contribution is -0.123. The summed E-state index contributed by atoms with van der Waals surface area (Å²) in [5.74, 6) is 0.855. The first kappa shape index (κ1) is 17.1. The van der Waals surface area contributed by atoms with Gasteiger partial charge >= 0.3 is 0 Å². The highest BCUT2D eigenvalue weighted by molar-refractivity contribution is 14.1. The number of rotatable bonds is 4. The average molecular weight is 433 g/mol. The first-order valence-corrected chi connectivity index (χ1v) is 8.47. The largest absolute Gasteiger partial charge is 0.493 e. The molecule has 0 bridgehead atoms. The highest BCUT2D eigenvalue weighted by Crippen LogP contribution is 2.38. The number of hydrogen-bond donors (Lipinski definition) is 0. The number of benzene rings is 1. The van der Waals surface area contributed by atoms with Crippen LogP contribution in [0.25, 0.3) is 6.08 Å². The molecule has 0 aromatic heterocycles. The molecule has 22 heavy (non-hydrogen) atoms. The van der Waals surface area contributed by atoms with Gasteiger partial charge in [-0.3, -0.25) is 14.5 Å². The molecule has 2 amide bonds. The minimum atomic E-state index is -0.273. The molecule has 1 aromatic rings. The lowest BCUT2D eigenvalue weighted by Gasteiger charge is -2.16. The van der Waals surface area contributed by atoms with Gasteiger partial charge < -0.3 is 9.47 Å². The van der Waals surface area contributed by atoms with Crippen LogP contribution in [0.5, 0.6) is 11.5 Å². The van der Waals surface area contributed by atoms with Gasteiger partial charge in [0.15, 0.2) is 11.5 Å². The van der Waals surface area contributed by atoms with Crippen molar-refractivity contribution < 1.29 is 19.1 Å². The van der Waals surface area contributed by atoms with Crippen LogP contribution >= 0.6 is 34.4 Å². The molecule has 1 fully saturated rings. The number of halogens is 1. The molecule has 1 aromatic carbocycles.